The summed E-state index contributed by atoms with van der Waals surface area (Å²) in [5.41, 5.74) is 1.41. The zero-order chi connectivity index (χ0) is 19.5. The van der Waals surface area contributed by atoms with Gasteiger partial charge in [0.15, 0.2) is 6.61 Å². The Bertz CT molecular complexity index is 945. The highest BCUT2D eigenvalue weighted by atomic mass is 16.5. The first-order valence-corrected chi connectivity index (χ1v) is 10.4. The number of benzene rings is 1. The molecule has 0 amide bonds. The molecule has 1 heterocycles. The van der Waals surface area contributed by atoms with E-state index in [9.17, 15) is 14.7 Å². The van der Waals surface area contributed by atoms with Crippen LogP contribution in [0.2, 0.25) is 0 Å². The lowest BCUT2D eigenvalue weighted by molar-refractivity contribution is -0.195. The van der Waals surface area contributed by atoms with Crippen molar-refractivity contribution in [3.63, 3.8) is 0 Å². The minimum atomic E-state index is -0.708. The first-order valence-electron chi connectivity index (χ1n) is 10.4. The summed E-state index contributed by atoms with van der Waals surface area (Å²) in [5.74, 6) is 0.352. The number of fused-ring (bicyclic) bond motifs is 1. The predicted octanol–water partition coefficient (Wildman–Crippen LogP) is 3.79. The Morgan fingerprint density at radius 1 is 1.21 bits per heavy atom. The molecule has 1 aromatic carbocycles. The summed E-state index contributed by atoms with van der Waals surface area (Å²) in [5, 5.41) is 11.7. The van der Waals surface area contributed by atoms with Crippen molar-refractivity contribution in [1.29, 1.82) is 0 Å². The predicted molar refractivity (Wildman–Crippen MR) is 105 cm³/mol. The summed E-state index contributed by atoms with van der Waals surface area (Å²) in [7, 11) is 0. The van der Waals surface area contributed by atoms with E-state index in [1.165, 1.54) is 0 Å². The monoisotopic (exact) mass is 381 g/mol. The minimum absolute atomic E-state index is 0.184. The van der Waals surface area contributed by atoms with Crippen LogP contribution >= 0.6 is 0 Å². The number of carbonyl (C=O) groups is 2. The highest BCUT2D eigenvalue weighted by molar-refractivity contribution is 6.09. The number of aliphatic hydroxyl groups is 1. The molecule has 4 fully saturated rings. The smallest absolute Gasteiger partial charge is 0.312 e. The van der Waals surface area contributed by atoms with Crippen molar-refractivity contribution in [2.24, 2.45) is 17.3 Å². The fourth-order valence-electron chi connectivity index (χ4n) is 6.56. The molecular formula is C23H27NO4. The molecule has 5 nitrogen and oxygen atoms in total. The van der Waals surface area contributed by atoms with Gasteiger partial charge in [-0.1, -0.05) is 25.1 Å². The van der Waals surface area contributed by atoms with E-state index in [1.807, 2.05) is 18.2 Å². The lowest BCUT2D eigenvalue weighted by Gasteiger charge is -2.58. The van der Waals surface area contributed by atoms with E-state index < -0.39 is 11.0 Å². The molecule has 4 saturated carbocycles. The summed E-state index contributed by atoms with van der Waals surface area (Å²) < 4.78 is 5.55. The van der Waals surface area contributed by atoms with Crippen LogP contribution in [0, 0.1) is 17.3 Å². The van der Waals surface area contributed by atoms with Gasteiger partial charge in [0.1, 0.15) is 0 Å². The first kappa shape index (κ1) is 17.9. The maximum absolute atomic E-state index is 13.0. The van der Waals surface area contributed by atoms with Gasteiger partial charge in [-0.25, -0.2) is 0 Å². The zero-order valence-electron chi connectivity index (χ0n) is 16.3. The quantitative estimate of drug-likeness (QED) is 0.610. The molecule has 0 spiro atoms. The summed E-state index contributed by atoms with van der Waals surface area (Å²) in [6.45, 7) is 1.84. The average molecular weight is 381 g/mol. The third-order valence-electron chi connectivity index (χ3n) is 7.28. The molecule has 0 unspecified atom stereocenters. The molecular weight excluding hydrogens is 354 g/mol. The zero-order valence-corrected chi connectivity index (χ0v) is 16.3. The van der Waals surface area contributed by atoms with Crippen LogP contribution in [0.3, 0.4) is 0 Å². The Balaban J connectivity index is 1.32. The van der Waals surface area contributed by atoms with Gasteiger partial charge < -0.3 is 14.8 Å². The highest BCUT2D eigenvalue weighted by Crippen LogP contribution is 2.61. The van der Waals surface area contributed by atoms with Gasteiger partial charge in [-0.2, -0.15) is 0 Å². The molecule has 2 N–H and O–H groups in total. The number of aromatic amines is 1. The van der Waals surface area contributed by atoms with Crippen molar-refractivity contribution in [3.8, 4) is 0 Å². The van der Waals surface area contributed by atoms with E-state index in [2.05, 4.69) is 11.9 Å². The number of hydrogen-bond donors (Lipinski definition) is 2. The molecule has 4 aliphatic rings. The number of rotatable bonds is 5. The lowest BCUT2D eigenvalue weighted by atomic mass is 9.48. The van der Waals surface area contributed by atoms with Gasteiger partial charge in [0.25, 0.3) is 0 Å². The van der Waals surface area contributed by atoms with Gasteiger partial charge in [-0.15, -0.1) is 0 Å². The molecule has 0 radical (unpaired) electrons. The van der Waals surface area contributed by atoms with Crippen LogP contribution in [0.25, 0.3) is 10.9 Å². The van der Waals surface area contributed by atoms with Gasteiger partial charge in [-0.3, -0.25) is 9.59 Å². The molecule has 4 bridgehead atoms. The Labute approximate surface area is 164 Å². The number of hydrogen-bond acceptors (Lipinski definition) is 4. The van der Waals surface area contributed by atoms with Crippen molar-refractivity contribution >= 4 is 22.7 Å². The number of ether oxygens (including phenoxy) is 1. The standard InChI is InChI=1S/C23H27NO4/c1-2-16-4-3-5-17-18(11-24-20(16)17)19(25)12-28-21(26)22-7-14-6-15(8-22)10-23(27,9-14)13-22/h3-5,11,14-15,24,27H,2,6-10,12-13H2,1H3/t14-,15-,22?,23?/m1/s1. The number of aromatic nitrogens is 1. The molecule has 148 valence electrons. The molecule has 0 saturated heterocycles. The molecule has 2 aromatic rings. The normalized spacial score (nSPS) is 33.4. The summed E-state index contributed by atoms with van der Waals surface area (Å²) in [6.07, 6.45) is 7.43. The van der Waals surface area contributed by atoms with E-state index >= 15 is 0 Å². The van der Waals surface area contributed by atoms with Gasteiger partial charge >= 0.3 is 5.97 Å². The van der Waals surface area contributed by atoms with Crippen LogP contribution in [-0.2, 0) is 16.0 Å². The minimum Gasteiger partial charge on any atom is -0.457 e. The van der Waals surface area contributed by atoms with E-state index in [4.69, 9.17) is 4.74 Å². The Morgan fingerprint density at radius 2 is 1.96 bits per heavy atom. The number of Topliss-reactive ketones (excluding diaryl/α,β-unsaturated/α-hetero) is 1. The number of esters is 1. The van der Waals surface area contributed by atoms with Gasteiger partial charge in [0.2, 0.25) is 5.78 Å². The highest BCUT2D eigenvalue weighted by Gasteiger charge is 2.60. The second-order valence-corrected chi connectivity index (χ2v) is 9.36. The molecule has 28 heavy (non-hydrogen) atoms. The van der Waals surface area contributed by atoms with Crippen LogP contribution in [0.1, 0.15) is 61.4 Å². The topological polar surface area (TPSA) is 79.4 Å². The van der Waals surface area contributed by atoms with E-state index in [1.54, 1.807) is 6.20 Å². The lowest BCUT2D eigenvalue weighted by Crippen LogP contribution is -2.58. The molecule has 4 aliphatic carbocycles. The Morgan fingerprint density at radius 3 is 2.64 bits per heavy atom. The van der Waals surface area contributed by atoms with Crippen LogP contribution in [-0.4, -0.2) is 34.1 Å². The van der Waals surface area contributed by atoms with Crippen molar-refractivity contribution in [3.05, 3.63) is 35.5 Å². The molecule has 1 aromatic heterocycles. The Kier molecular flexibility index (Phi) is 3.96. The van der Waals surface area contributed by atoms with Crippen molar-refractivity contribution in [1.82, 2.24) is 4.98 Å². The summed E-state index contributed by atoms with van der Waals surface area (Å²) in [6, 6.07) is 5.92. The van der Waals surface area contributed by atoms with Gasteiger partial charge in [0, 0.05) is 22.7 Å². The van der Waals surface area contributed by atoms with Crippen molar-refractivity contribution in [2.45, 2.75) is 57.5 Å². The number of nitrogens with one attached hydrogen (secondary N) is 1. The number of carbonyl (C=O) groups excluding carboxylic acids is 2. The third-order valence-corrected chi connectivity index (χ3v) is 7.28. The second-order valence-electron chi connectivity index (χ2n) is 9.36. The van der Waals surface area contributed by atoms with Crippen LogP contribution < -0.4 is 0 Å². The van der Waals surface area contributed by atoms with Crippen molar-refractivity contribution < 1.29 is 19.4 Å². The number of aryl methyl sites for hydroxylation is 1. The average Bonchev–Trinajstić information content (AvgIpc) is 3.08. The van der Waals surface area contributed by atoms with E-state index in [0.29, 0.717) is 23.8 Å². The fraction of sp³-hybridized carbons (Fsp3) is 0.565. The maximum atomic E-state index is 13.0. The fourth-order valence-corrected chi connectivity index (χ4v) is 6.56. The number of H-pyrrole nitrogens is 1. The molecule has 5 heteroatoms. The second kappa shape index (κ2) is 6.18. The van der Waals surface area contributed by atoms with Crippen molar-refractivity contribution in [2.75, 3.05) is 6.61 Å². The first-order chi connectivity index (χ1) is 13.4. The molecule has 2 atom stereocenters. The van der Waals surface area contributed by atoms with Gasteiger partial charge in [-0.05, 0) is 62.3 Å². The van der Waals surface area contributed by atoms with Gasteiger partial charge in [0.05, 0.1) is 11.0 Å². The Hall–Kier alpha value is -2.14. The largest absolute Gasteiger partial charge is 0.457 e. The number of para-hydroxylation sites is 1. The van der Waals surface area contributed by atoms with E-state index in [-0.39, 0.29) is 18.4 Å². The summed E-state index contributed by atoms with van der Waals surface area (Å²) in [4.78, 5) is 28.9. The SMILES string of the molecule is CCc1cccc2c(C(=O)COC(=O)C34C[C@H]5C[C@@H](CC(O)(C5)C3)C4)c[nH]c12. The maximum Gasteiger partial charge on any atom is 0.312 e. The summed E-state index contributed by atoms with van der Waals surface area (Å²) >= 11 is 0. The van der Waals surface area contributed by atoms with Crippen LogP contribution in [0.4, 0.5) is 0 Å². The van der Waals surface area contributed by atoms with E-state index in [0.717, 1.165) is 55.0 Å². The van der Waals surface area contributed by atoms with Crippen LogP contribution in [0.15, 0.2) is 24.4 Å². The van der Waals surface area contributed by atoms with Crippen LogP contribution in [0.5, 0.6) is 0 Å². The number of ketones is 1. The molecule has 6 rings (SSSR count). The molecule has 0 aliphatic heterocycles. The third kappa shape index (κ3) is 2.71.